The number of Topliss-reactive ketones (excluding diaryl/α,β-unsaturated/α-hetero) is 1. The molecule has 0 amide bonds. The molecule has 0 aliphatic heterocycles. The Labute approximate surface area is 118 Å². The van der Waals surface area contributed by atoms with Crippen LogP contribution in [0.5, 0.6) is 0 Å². The number of hydrogen-bond acceptors (Lipinski definition) is 5. The highest BCUT2D eigenvalue weighted by molar-refractivity contribution is 9.10. The maximum atomic E-state index is 12.2. The SMILES string of the molecule is CCc1nnsc1C(=O)Cc1c(Br)c(C)nn1C. The number of hydrogen-bond donors (Lipinski definition) is 0. The maximum Gasteiger partial charge on any atom is 0.182 e. The van der Waals surface area contributed by atoms with Gasteiger partial charge >= 0.3 is 0 Å². The summed E-state index contributed by atoms with van der Waals surface area (Å²) in [4.78, 5) is 12.9. The lowest BCUT2D eigenvalue weighted by molar-refractivity contribution is 0.0993. The highest BCUT2D eigenvalue weighted by atomic mass is 79.9. The molecule has 0 aliphatic rings. The second kappa shape index (κ2) is 5.27. The summed E-state index contributed by atoms with van der Waals surface area (Å²) in [6, 6.07) is 0. The molecule has 18 heavy (non-hydrogen) atoms. The van der Waals surface area contributed by atoms with Crippen LogP contribution < -0.4 is 0 Å². The third kappa shape index (κ3) is 2.37. The van der Waals surface area contributed by atoms with E-state index in [1.54, 1.807) is 4.68 Å². The third-order valence-corrected chi connectivity index (χ3v) is 4.57. The molecule has 0 aromatic carbocycles. The Morgan fingerprint density at radius 2 is 2.22 bits per heavy atom. The third-order valence-electron chi connectivity index (χ3n) is 2.73. The maximum absolute atomic E-state index is 12.2. The highest BCUT2D eigenvalue weighted by Crippen LogP contribution is 2.23. The summed E-state index contributed by atoms with van der Waals surface area (Å²) in [5.74, 6) is 0.0468. The fourth-order valence-electron chi connectivity index (χ4n) is 1.76. The lowest BCUT2D eigenvalue weighted by Crippen LogP contribution is -2.09. The number of aryl methyl sites for hydroxylation is 3. The molecule has 96 valence electrons. The molecule has 5 nitrogen and oxygen atoms in total. The molecule has 0 N–H and O–H groups in total. The van der Waals surface area contributed by atoms with Crippen molar-refractivity contribution in [2.45, 2.75) is 26.7 Å². The molecule has 0 radical (unpaired) electrons. The summed E-state index contributed by atoms with van der Waals surface area (Å²) in [6.45, 7) is 3.88. The molecular formula is C11H13BrN4OS. The predicted molar refractivity (Wildman–Crippen MR) is 73.0 cm³/mol. The van der Waals surface area contributed by atoms with E-state index in [0.29, 0.717) is 11.3 Å². The van der Waals surface area contributed by atoms with Gasteiger partial charge < -0.3 is 0 Å². The summed E-state index contributed by atoms with van der Waals surface area (Å²) in [5, 5.41) is 8.24. The molecule has 2 heterocycles. The normalized spacial score (nSPS) is 10.9. The Hall–Kier alpha value is -1.08. The number of aromatic nitrogens is 4. The van der Waals surface area contributed by atoms with E-state index in [2.05, 4.69) is 30.6 Å². The first-order valence-electron chi connectivity index (χ1n) is 5.57. The average Bonchev–Trinajstić information content (AvgIpc) is 2.90. The molecular weight excluding hydrogens is 316 g/mol. The quantitative estimate of drug-likeness (QED) is 0.808. The van der Waals surface area contributed by atoms with Crippen molar-refractivity contribution >= 4 is 33.2 Å². The van der Waals surface area contributed by atoms with E-state index in [9.17, 15) is 4.79 Å². The Kier molecular flexibility index (Phi) is 3.91. The van der Waals surface area contributed by atoms with Crippen molar-refractivity contribution in [3.63, 3.8) is 0 Å². The predicted octanol–water partition coefficient (Wildman–Crippen LogP) is 2.33. The molecule has 0 unspecified atom stereocenters. The van der Waals surface area contributed by atoms with Crippen LogP contribution in [0.3, 0.4) is 0 Å². The molecule has 0 aliphatic carbocycles. The van der Waals surface area contributed by atoms with Crippen molar-refractivity contribution < 1.29 is 4.79 Å². The number of halogens is 1. The number of ketones is 1. The zero-order valence-electron chi connectivity index (χ0n) is 10.4. The largest absolute Gasteiger partial charge is 0.293 e. The van der Waals surface area contributed by atoms with E-state index >= 15 is 0 Å². The molecule has 0 saturated carbocycles. The van der Waals surface area contributed by atoms with Crippen LogP contribution in [0.15, 0.2) is 4.47 Å². The lowest BCUT2D eigenvalue weighted by atomic mass is 10.1. The van der Waals surface area contributed by atoms with Crippen molar-refractivity contribution in [3.8, 4) is 0 Å². The van der Waals surface area contributed by atoms with Crippen molar-refractivity contribution in [2.24, 2.45) is 7.05 Å². The molecule has 0 bridgehead atoms. The molecule has 0 atom stereocenters. The topological polar surface area (TPSA) is 60.7 Å². The molecule has 2 aromatic rings. The molecule has 0 fully saturated rings. The van der Waals surface area contributed by atoms with Gasteiger partial charge in [0.05, 0.1) is 28.0 Å². The summed E-state index contributed by atoms with van der Waals surface area (Å²) in [6.07, 6.45) is 1.04. The van der Waals surface area contributed by atoms with Crippen molar-refractivity contribution in [2.75, 3.05) is 0 Å². The second-order valence-corrected chi connectivity index (χ2v) is 5.52. The number of carbonyl (C=O) groups excluding carboxylic acids is 1. The zero-order chi connectivity index (χ0) is 13.3. The minimum Gasteiger partial charge on any atom is -0.293 e. The van der Waals surface area contributed by atoms with Crippen LogP contribution in [0.1, 0.15) is 33.7 Å². The standard InChI is InChI=1S/C11H13BrN4OS/c1-4-7-11(18-15-13-7)9(17)5-8-10(12)6(2)14-16(8)3/h4-5H2,1-3H3. The van der Waals surface area contributed by atoms with Crippen LogP contribution >= 0.6 is 27.5 Å². The van der Waals surface area contributed by atoms with E-state index in [1.807, 2.05) is 20.9 Å². The van der Waals surface area contributed by atoms with Crippen molar-refractivity contribution in [1.29, 1.82) is 0 Å². The lowest BCUT2D eigenvalue weighted by Gasteiger charge is -2.01. The first-order chi connectivity index (χ1) is 8.54. The fourth-order valence-corrected chi connectivity index (χ4v) is 2.92. The van der Waals surface area contributed by atoms with Gasteiger partial charge in [0.1, 0.15) is 4.88 Å². The minimum atomic E-state index is 0.0468. The summed E-state index contributed by atoms with van der Waals surface area (Å²) in [5.41, 5.74) is 2.55. The monoisotopic (exact) mass is 328 g/mol. The Balaban J connectivity index is 2.27. The van der Waals surface area contributed by atoms with E-state index in [0.717, 1.165) is 39.5 Å². The van der Waals surface area contributed by atoms with Crippen LogP contribution in [-0.4, -0.2) is 25.2 Å². The first-order valence-corrected chi connectivity index (χ1v) is 7.13. The van der Waals surface area contributed by atoms with Gasteiger partial charge in [-0.25, -0.2) is 0 Å². The smallest absolute Gasteiger partial charge is 0.182 e. The average molecular weight is 329 g/mol. The van der Waals surface area contributed by atoms with Gasteiger partial charge in [0.2, 0.25) is 0 Å². The fraction of sp³-hybridized carbons (Fsp3) is 0.455. The van der Waals surface area contributed by atoms with E-state index in [4.69, 9.17) is 0 Å². The van der Waals surface area contributed by atoms with Crippen LogP contribution in [-0.2, 0) is 19.9 Å². The summed E-state index contributed by atoms with van der Waals surface area (Å²) in [7, 11) is 1.84. The Morgan fingerprint density at radius 1 is 1.50 bits per heavy atom. The van der Waals surface area contributed by atoms with E-state index in [1.165, 1.54) is 0 Å². The molecule has 2 aromatic heterocycles. The minimum absolute atomic E-state index is 0.0468. The van der Waals surface area contributed by atoms with Crippen molar-refractivity contribution in [1.82, 2.24) is 19.4 Å². The van der Waals surface area contributed by atoms with Crippen LogP contribution in [0.4, 0.5) is 0 Å². The van der Waals surface area contributed by atoms with Crippen molar-refractivity contribution in [3.05, 3.63) is 26.4 Å². The van der Waals surface area contributed by atoms with Gasteiger partial charge in [-0.15, -0.1) is 5.10 Å². The van der Waals surface area contributed by atoms with Crippen LogP contribution in [0, 0.1) is 6.92 Å². The van der Waals surface area contributed by atoms with Gasteiger partial charge in [0.15, 0.2) is 5.78 Å². The van der Waals surface area contributed by atoms with Gasteiger partial charge in [-0.1, -0.05) is 11.4 Å². The Bertz CT molecular complexity index is 590. The van der Waals surface area contributed by atoms with E-state index in [-0.39, 0.29) is 5.78 Å². The number of carbonyl (C=O) groups is 1. The Morgan fingerprint density at radius 3 is 2.78 bits per heavy atom. The first kappa shape index (κ1) is 13.4. The molecule has 0 saturated heterocycles. The number of nitrogens with zero attached hydrogens (tertiary/aromatic N) is 4. The summed E-state index contributed by atoms with van der Waals surface area (Å²) >= 11 is 4.63. The van der Waals surface area contributed by atoms with Crippen LogP contribution in [0.25, 0.3) is 0 Å². The zero-order valence-corrected chi connectivity index (χ0v) is 12.8. The van der Waals surface area contributed by atoms with Gasteiger partial charge in [0, 0.05) is 7.05 Å². The van der Waals surface area contributed by atoms with Gasteiger partial charge in [-0.3, -0.25) is 9.48 Å². The molecule has 2 rings (SSSR count). The van der Waals surface area contributed by atoms with Gasteiger partial charge in [0.25, 0.3) is 0 Å². The summed E-state index contributed by atoms with van der Waals surface area (Å²) < 4.78 is 6.47. The molecule has 0 spiro atoms. The van der Waals surface area contributed by atoms with E-state index < -0.39 is 0 Å². The molecule has 7 heteroatoms. The number of rotatable bonds is 4. The van der Waals surface area contributed by atoms with Crippen LogP contribution in [0.2, 0.25) is 0 Å². The van der Waals surface area contributed by atoms with Gasteiger partial charge in [-0.2, -0.15) is 5.10 Å². The second-order valence-electron chi connectivity index (χ2n) is 3.97. The van der Waals surface area contributed by atoms with Gasteiger partial charge in [-0.05, 0) is 40.8 Å². The highest BCUT2D eigenvalue weighted by Gasteiger charge is 2.19.